The number of halogens is 1. The minimum atomic E-state index is -3.78. The molecule has 1 heterocycles. The van der Waals surface area contributed by atoms with Crippen molar-refractivity contribution >= 4 is 33.1 Å². The van der Waals surface area contributed by atoms with Crippen molar-refractivity contribution in [2.24, 2.45) is 0 Å². The zero-order chi connectivity index (χ0) is 14.9. The lowest BCUT2D eigenvalue weighted by Crippen LogP contribution is -2.16. The van der Waals surface area contributed by atoms with Gasteiger partial charge in [-0.05, 0) is 49.2 Å². The van der Waals surface area contributed by atoms with Gasteiger partial charge in [-0.25, -0.2) is 8.42 Å². The monoisotopic (exact) mass is 312 g/mol. The van der Waals surface area contributed by atoms with Gasteiger partial charge in [-0.2, -0.15) is 0 Å². The van der Waals surface area contributed by atoms with Gasteiger partial charge in [0.1, 0.15) is 0 Å². The summed E-state index contributed by atoms with van der Waals surface area (Å²) in [4.78, 5) is 0.117. The Hall–Kier alpha value is -1.86. The van der Waals surface area contributed by atoms with E-state index in [1.165, 1.54) is 18.2 Å². The standard InChI is InChI=1S/C12H13ClN4O2S/c1-7-5-9(14)6-10(8(7)2)20(18,19)17-12-4-3-11(13)15-16-12/h3-6H,14H2,1-2H3,(H,16,17). The highest BCUT2D eigenvalue weighted by atomic mass is 35.5. The average Bonchev–Trinajstić information content (AvgIpc) is 2.36. The number of aromatic nitrogens is 2. The highest BCUT2D eigenvalue weighted by molar-refractivity contribution is 7.92. The van der Waals surface area contributed by atoms with Crippen LogP contribution >= 0.6 is 11.6 Å². The first kappa shape index (κ1) is 14.5. The van der Waals surface area contributed by atoms with Crippen molar-refractivity contribution in [3.05, 3.63) is 40.5 Å². The number of nitrogen functional groups attached to an aromatic ring is 1. The fourth-order valence-corrected chi connectivity index (χ4v) is 3.15. The van der Waals surface area contributed by atoms with E-state index in [0.29, 0.717) is 11.3 Å². The molecule has 0 fully saturated rings. The van der Waals surface area contributed by atoms with Gasteiger partial charge < -0.3 is 5.73 Å². The van der Waals surface area contributed by atoms with Crippen LogP contribution in [0.5, 0.6) is 0 Å². The van der Waals surface area contributed by atoms with Gasteiger partial charge in [0, 0.05) is 5.69 Å². The molecule has 0 amide bonds. The van der Waals surface area contributed by atoms with E-state index in [-0.39, 0.29) is 15.9 Å². The number of nitrogens with one attached hydrogen (secondary N) is 1. The van der Waals surface area contributed by atoms with Crippen molar-refractivity contribution in [2.75, 3.05) is 10.5 Å². The molecule has 6 nitrogen and oxygen atoms in total. The largest absolute Gasteiger partial charge is 0.399 e. The van der Waals surface area contributed by atoms with Crippen molar-refractivity contribution in [3.63, 3.8) is 0 Å². The van der Waals surface area contributed by atoms with Gasteiger partial charge in [0.15, 0.2) is 11.0 Å². The maximum atomic E-state index is 12.3. The third kappa shape index (κ3) is 3.00. The molecule has 0 aliphatic heterocycles. The molecule has 3 N–H and O–H groups in total. The van der Waals surface area contributed by atoms with E-state index in [1.54, 1.807) is 19.9 Å². The van der Waals surface area contributed by atoms with Gasteiger partial charge in [0.2, 0.25) is 0 Å². The lowest BCUT2D eigenvalue weighted by molar-refractivity contribution is 0.600. The lowest BCUT2D eigenvalue weighted by atomic mass is 10.1. The molecule has 0 saturated carbocycles. The lowest BCUT2D eigenvalue weighted by Gasteiger charge is -2.12. The van der Waals surface area contributed by atoms with Crippen molar-refractivity contribution in [1.29, 1.82) is 0 Å². The van der Waals surface area contributed by atoms with Crippen LogP contribution in [-0.4, -0.2) is 18.6 Å². The first-order chi connectivity index (χ1) is 9.29. The van der Waals surface area contributed by atoms with Crippen LogP contribution in [-0.2, 0) is 10.0 Å². The van der Waals surface area contributed by atoms with E-state index in [2.05, 4.69) is 14.9 Å². The van der Waals surface area contributed by atoms with Gasteiger partial charge in [0.05, 0.1) is 4.90 Å². The Bertz CT molecular complexity index is 745. The summed E-state index contributed by atoms with van der Waals surface area (Å²) in [6.07, 6.45) is 0. The minimum absolute atomic E-state index is 0.0916. The summed E-state index contributed by atoms with van der Waals surface area (Å²) in [5.41, 5.74) is 7.52. The summed E-state index contributed by atoms with van der Waals surface area (Å²) < 4.78 is 27.0. The van der Waals surface area contributed by atoms with Gasteiger partial charge in [-0.15, -0.1) is 10.2 Å². The Labute approximate surface area is 122 Å². The van der Waals surface area contributed by atoms with E-state index >= 15 is 0 Å². The minimum Gasteiger partial charge on any atom is -0.399 e. The Balaban J connectivity index is 2.43. The maximum absolute atomic E-state index is 12.3. The summed E-state index contributed by atoms with van der Waals surface area (Å²) >= 11 is 5.60. The average molecular weight is 313 g/mol. The van der Waals surface area contributed by atoms with Crippen LogP contribution in [0, 0.1) is 13.8 Å². The number of benzene rings is 1. The number of sulfonamides is 1. The van der Waals surface area contributed by atoms with Crippen molar-refractivity contribution in [3.8, 4) is 0 Å². The zero-order valence-electron chi connectivity index (χ0n) is 10.9. The molecular formula is C12H13ClN4O2S. The molecule has 106 valence electrons. The normalized spacial score (nSPS) is 11.3. The molecule has 1 aromatic carbocycles. The second-order valence-corrected chi connectivity index (χ2v) is 6.35. The Morgan fingerprint density at radius 1 is 1.20 bits per heavy atom. The van der Waals surface area contributed by atoms with Crippen LogP contribution in [0.4, 0.5) is 11.5 Å². The van der Waals surface area contributed by atoms with Crippen LogP contribution in [0.25, 0.3) is 0 Å². The molecule has 0 aliphatic carbocycles. The smallest absolute Gasteiger partial charge is 0.263 e. The van der Waals surface area contributed by atoms with Crippen molar-refractivity contribution in [1.82, 2.24) is 10.2 Å². The van der Waals surface area contributed by atoms with Crippen LogP contribution in [0.1, 0.15) is 11.1 Å². The first-order valence-electron chi connectivity index (χ1n) is 5.68. The number of rotatable bonds is 3. The highest BCUT2D eigenvalue weighted by Gasteiger charge is 2.19. The molecule has 20 heavy (non-hydrogen) atoms. The number of nitrogens with two attached hydrogens (primary N) is 1. The molecule has 2 rings (SSSR count). The van der Waals surface area contributed by atoms with Gasteiger partial charge in [-0.3, -0.25) is 4.72 Å². The van der Waals surface area contributed by atoms with Crippen LogP contribution in [0.15, 0.2) is 29.2 Å². The molecule has 0 atom stereocenters. The quantitative estimate of drug-likeness (QED) is 0.846. The third-order valence-electron chi connectivity index (χ3n) is 2.80. The Morgan fingerprint density at radius 3 is 2.50 bits per heavy atom. The molecule has 8 heteroatoms. The predicted octanol–water partition coefficient (Wildman–Crippen LogP) is 2.13. The van der Waals surface area contributed by atoms with Crippen molar-refractivity contribution < 1.29 is 8.42 Å². The maximum Gasteiger partial charge on any atom is 0.263 e. The Morgan fingerprint density at radius 2 is 1.90 bits per heavy atom. The fraction of sp³-hybridized carbons (Fsp3) is 0.167. The molecule has 0 bridgehead atoms. The molecule has 1 aromatic heterocycles. The van der Waals surface area contributed by atoms with E-state index in [9.17, 15) is 8.42 Å². The van der Waals surface area contributed by atoms with E-state index in [4.69, 9.17) is 17.3 Å². The molecular weight excluding hydrogens is 300 g/mol. The predicted molar refractivity (Wildman–Crippen MR) is 78.2 cm³/mol. The first-order valence-corrected chi connectivity index (χ1v) is 7.54. The summed E-state index contributed by atoms with van der Waals surface area (Å²) in [7, 11) is -3.78. The highest BCUT2D eigenvalue weighted by Crippen LogP contribution is 2.24. The van der Waals surface area contributed by atoms with Gasteiger partial charge in [-0.1, -0.05) is 11.6 Å². The van der Waals surface area contributed by atoms with Gasteiger partial charge >= 0.3 is 0 Å². The number of hydrogen-bond acceptors (Lipinski definition) is 5. The topological polar surface area (TPSA) is 98.0 Å². The molecule has 2 aromatic rings. The SMILES string of the molecule is Cc1cc(N)cc(S(=O)(=O)Nc2ccc(Cl)nn2)c1C. The number of anilines is 2. The van der Waals surface area contributed by atoms with Crippen molar-refractivity contribution in [2.45, 2.75) is 18.7 Å². The zero-order valence-corrected chi connectivity index (χ0v) is 12.5. The fourth-order valence-electron chi connectivity index (χ4n) is 1.70. The van der Waals surface area contributed by atoms with Crippen LogP contribution in [0.2, 0.25) is 5.15 Å². The second kappa shape index (κ2) is 5.26. The second-order valence-electron chi connectivity index (χ2n) is 4.31. The molecule has 0 unspecified atom stereocenters. The third-order valence-corrected chi connectivity index (χ3v) is 4.49. The van der Waals surface area contributed by atoms with Gasteiger partial charge in [0.25, 0.3) is 10.0 Å². The summed E-state index contributed by atoms with van der Waals surface area (Å²) in [5, 5.41) is 7.42. The van der Waals surface area contributed by atoms with E-state index < -0.39 is 10.0 Å². The Kier molecular flexibility index (Phi) is 3.82. The number of hydrogen-bond donors (Lipinski definition) is 2. The summed E-state index contributed by atoms with van der Waals surface area (Å²) in [6.45, 7) is 3.52. The molecule has 0 spiro atoms. The summed E-state index contributed by atoms with van der Waals surface area (Å²) in [6, 6.07) is 6.01. The van der Waals surface area contributed by atoms with Crippen LogP contribution < -0.4 is 10.5 Å². The molecule has 0 saturated heterocycles. The van der Waals surface area contributed by atoms with Crippen LogP contribution in [0.3, 0.4) is 0 Å². The number of nitrogens with zero attached hydrogens (tertiary/aromatic N) is 2. The summed E-state index contributed by atoms with van der Waals surface area (Å²) in [5.74, 6) is 0.0916. The van der Waals surface area contributed by atoms with E-state index in [0.717, 1.165) is 5.56 Å². The van der Waals surface area contributed by atoms with E-state index in [1.807, 2.05) is 0 Å². The number of aryl methyl sites for hydroxylation is 1. The molecule has 0 aliphatic rings. The molecule has 0 radical (unpaired) electrons.